The molecule has 1 aliphatic heterocycles. The number of methoxy groups -OCH3 is 1. The van der Waals surface area contributed by atoms with Crippen molar-refractivity contribution in [2.45, 2.75) is 19.4 Å². The molecular weight excluding hydrogens is 288 g/mol. The van der Waals surface area contributed by atoms with Crippen LogP contribution < -0.4 is 0 Å². The van der Waals surface area contributed by atoms with Gasteiger partial charge in [-0.3, -0.25) is 0 Å². The van der Waals surface area contributed by atoms with E-state index < -0.39 is 18.0 Å². The molecule has 1 atom stereocenters. The fourth-order valence-corrected chi connectivity index (χ4v) is 2.35. The third kappa shape index (κ3) is 2.07. The fraction of sp³-hybridized carbons (Fsp3) is 0.333. The van der Waals surface area contributed by atoms with Gasteiger partial charge < -0.3 is 9.47 Å². The van der Waals surface area contributed by atoms with Crippen molar-refractivity contribution in [3.8, 4) is 0 Å². The van der Waals surface area contributed by atoms with Gasteiger partial charge in [-0.2, -0.15) is 0 Å². The number of ether oxygens (including phenoxy) is 2. The molecule has 4 nitrogen and oxygen atoms in total. The number of hydrogen-bond acceptors (Lipinski definition) is 4. The van der Waals surface area contributed by atoms with Crippen LogP contribution in [0.1, 0.15) is 21.5 Å². The molecule has 2 rings (SSSR count). The van der Waals surface area contributed by atoms with Crippen molar-refractivity contribution < 1.29 is 19.1 Å². The first-order valence-corrected chi connectivity index (χ1v) is 5.90. The van der Waals surface area contributed by atoms with E-state index in [1.807, 2.05) is 19.1 Å². The summed E-state index contributed by atoms with van der Waals surface area (Å²) in [6.07, 6.45) is -0.485. The number of carbonyl (C=O) groups excluding carboxylic acids is 2. The molecule has 0 N–H and O–H groups in total. The summed E-state index contributed by atoms with van der Waals surface area (Å²) in [6.45, 7) is 1.89. The molecule has 0 fully saturated rings. The van der Waals surface area contributed by atoms with Crippen LogP contribution in [0.2, 0.25) is 0 Å². The summed E-state index contributed by atoms with van der Waals surface area (Å²) >= 11 is 3.36. The molecule has 1 unspecified atom stereocenters. The van der Waals surface area contributed by atoms with Crippen molar-refractivity contribution in [2.75, 3.05) is 7.11 Å². The van der Waals surface area contributed by atoms with Crippen molar-refractivity contribution in [3.63, 3.8) is 0 Å². The summed E-state index contributed by atoms with van der Waals surface area (Å²) < 4.78 is 10.4. The first-order chi connectivity index (χ1) is 8.04. The Morgan fingerprint density at radius 3 is 2.88 bits per heavy atom. The van der Waals surface area contributed by atoms with Crippen LogP contribution in [0.4, 0.5) is 0 Å². The number of cyclic esters (lactones) is 1. The van der Waals surface area contributed by atoms with Gasteiger partial charge in [0, 0.05) is 10.9 Å². The van der Waals surface area contributed by atoms with Crippen LogP contribution in [-0.2, 0) is 20.7 Å². The summed E-state index contributed by atoms with van der Waals surface area (Å²) in [7, 11) is 1.27. The SMILES string of the molecule is COC(=O)C1Cc2ccc(C)c(Br)c2C(=O)O1. The van der Waals surface area contributed by atoms with Gasteiger partial charge in [-0.15, -0.1) is 0 Å². The normalized spacial score (nSPS) is 18.3. The number of fused-ring (bicyclic) bond motifs is 1. The van der Waals surface area contributed by atoms with E-state index in [-0.39, 0.29) is 0 Å². The Hall–Kier alpha value is -1.36. The average molecular weight is 299 g/mol. The second-order valence-electron chi connectivity index (χ2n) is 3.85. The van der Waals surface area contributed by atoms with Crippen LogP contribution in [0.3, 0.4) is 0 Å². The summed E-state index contributed by atoms with van der Waals surface area (Å²) in [4.78, 5) is 23.2. The topological polar surface area (TPSA) is 52.6 Å². The lowest BCUT2D eigenvalue weighted by atomic mass is 9.97. The Morgan fingerprint density at radius 2 is 2.24 bits per heavy atom. The van der Waals surface area contributed by atoms with Gasteiger partial charge in [-0.1, -0.05) is 12.1 Å². The summed E-state index contributed by atoms with van der Waals surface area (Å²) in [5.74, 6) is -1.02. The lowest BCUT2D eigenvalue weighted by Crippen LogP contribution is -2.35. The largest absolute Gasteiger partial charge is 0.466 e. The molecule has 0 saturated carbocycles. The molecule has 0 spiro atoms. The molecule has 1 aromatic rings. The molecule has 0 saturated heterocycles. The number of aryl methyl sites for hydroxylation is 1. The predicted molar refractivity (Wildman–Crippen MR) is 63.8 cm³/mol. The van der Waals surface area contributed by atoms with Gasteiger partial charge in [0.25, 0.3) is 0 Å². The minimum atomic E-state index is -0.838. The van der Waals surface area contributed by atoms with Gasteiger partial charge in [0.2, 0.25) is 6.10 Å². The summed E-state index contributed by atoms with van der Waals surface area (Å²) in [5, 5.41) is 0. The molecule has 0 aliphatic carbocycles. The summed E-state index contributed by atoms with van der Waals surface area (Å²) in [5.41, 5.74) is 2.26. The summed E-state index contributed by atoms with van der Waals surface area (Å²) in [6, 6.07) is 3.74. The number of esters is 2. The molecule has 0 bridgehead atoms. The van der Waals surface area contributed by atoms with Crippen molar-refractivity contribution in [1.82, 2.24) is 0 Å². The third-order valence-electron chi connectivity index (χ3n) is 2.74. The monoisotopic (exact) mass is 298 g/mol. The molecule has 1 aliphatic rings. The molecule has 0 radical (unpaired) electrons. The van der Waals surface area contributed by atoms with E-state index in [1.165, 1.54) is 7.11 Å². The highest BCUT2D eigenvalue weighted by Gasteiger charge is 2.33. The number of halogens is 1. The highest BCUT2D eigenvalue weighted by Crippen LogP contribution is 2.30. The van der Waals surface area contributed by atoms with Crippen LogP contribution in [0.25, 0.3) is 0 Å². The molecule has 0 amide bonds. The smallest absolute Gasteiger partial charge is 0.347 e. The van der Waals surface area contributed by atoms with Gasteiger partial charge in [-0.05, 0) is 34.0 Å². The van der Waals surface area contributed by atoms with E-state index in [1.54, 1.807) is 0 Å². The zero-order valence-electron chi connectivity index (χ0n) is 9.45. The Balaban J connectivity index is 2.42. The average Bonchev–Trinajstić information content (AvgIpc) is 2.32. The first kappa shape index (κ1) is 12.1. The first-order valence-electron chi connectivity index (χ1n) is 5.11. The standard InChI is InChI=1S/C12H11BrO4/c1-6-3-4-7-5-8(11(14)16-2)17-12(15)9(7)10(6)13/h3-4,8H,5H2,1-2H3. The van der Waals surface area contributed by atoms with Gasteiger partial charge in [0.15, 0.2) is 0 Å². The Labute approximate surface area is 107 Å². The van der Waals surface area contributed by atoms with E-state index in [9.17, 15) is 9.59 Å². The Kier molecular flexibility index (Phi) is 3.19. The molecule has 0 aromatic heterocycles. The predicted octanol–water partition coefficient (Wildman–Crippen LogP) is 2.01. The van der Waals surface area contributed by atoms with E-state index >= 15 is 0 Å². The van der Waals surface area contributed by atoms with Crippen molar-refractivity contribution >= 4 is 27.9 Å². The van der Waals surface area contributed by atoms with E-state index in [2.05, 4.69) is 20.7 Å². The third-order valence-corrected chi connectivity index (χ3v) is 3.77. The second kappa shape index (κ2) is 4.49. The number of benzene rings is 1. The van der Waals surface area contributed by atoms with Crippen molar-refractivity contribution in [2.24, 2.45) is 0 Å². The molecule has 5 heteroatoms. The van der Waals surface area contributed by atoms with Crippen LogP contribution >= 0.6 is 15.9 Å². The quantitative estimate of drug-likeness (QED) is 0.744. The number of hydrogen-bond donors (Lipinski definition) is 0. The highest BCUT2D eigenvalue weighted by molar-refractivity contribution is 9.10. The van der Waals surface area contributed by atoms with E-state index in [0.717, 1.165) is 15.6 Å². The van der Waals surface area contributed by atoms with E-state index in [4.69, 9.17) is 4.74 Å². The maximum absolute atomic E-state index is 11.8. The zero-order valence-corrected chi connectivity index (χ0v) is 11.0. The molecule has 17 heavy (non-hydrogen) atoms. The fourth-order valence-electron chi connectivity index (χ4n) is 1.80. The Morgan fingerprint density at radius 1 is 1.53 bits per heavy atom. The maximum atomic E-state index is 11.8. The van der Waals surface area contributed by atoms with Crippen molar-refractivity contribution in [3.05, 3.63) is 33.3 Å². The van der Waals surface area contributed by atoms with Gasteiger partial charge in [0.1, 0.15) is 0 Å². The minimum absolute atomic E-state index is 0.354. The lowest BCUT2D eigenvalue weighted by molar-refractivity contribution is -0.151. The second-order valence-corrected chi connectivity index (χ2v) is 4.64. The van der Waals surface area contributed by atoms with Crippen molar-refractivity contribution in [1.29, 1.82) is 0 Å². The maximum Gasteiger partial charge on any atom is 0.347 e. The van der Waals surface area contributed by atoms with E-state index in [0.29, 0.717) is 12.0 Å². The molecule has 90 valence electrons. The highest BCUT2D eigenvalue weighted by atomic mass is 79.9. The van der Waals surface area contributed by atoms with Crippen LogP contribution in [-0.4, -0.2) is 25.2 Å². The van der Waals surface area contributed by atoms with Gasteiger partial charge in [0.05, 0.1) is 12.7 Å². The number of rotatable bonds is 1. The van der Waals surface area contributed by atoms with Gasteiger partial charge >= 0.3 is 11.9 Å². The Bertz CT molecular complexity index is 496. The van der Waals surface area contributed by atoms with Gasteiger partial charge in [-0.25, -0.2) is 9.59 Å². The molecular formula is C12H11BrO4. The molecule has 1 aromatic carbocycles. The minimum Gasteiger partial charge on any atom is -0.466 e. The van der Waals surface area contributed by atoms with Crippen LogP contribution in [0, 0.1) is 6.92 Å². The molecule has 1 heterocycles. The lowest BCUT2D eigenvalue weighted by Gasteiger charge is -2.24. The number of carbonyl (C=O) groups is 2. The zero-order chi connectivity index (χ0) is 12.6. The van der Waals surface area contributed by atoms with Crippen LogP contribution in [0.15, 0.2) is 16.6 Å². The van der Waals surface area contributed by atoms with Crippen LogP contribution in [0.5, 0.6) is 0 Å².